The molecule has 0 aromatic carbocycles. The minimum atomic E-state index is -0.322. The zero-order valence-electron chi connectivity index (χ0n) is 17.7. The first-order valence-corrected chi connectivity index (χ1v) is 10.5. The first-order valence-electron chi connectivity index (χ1n) is 10.5. The van der Waals surface area contributed by atoms with E-state index in [0.717, 1.165) is 33.7 Å². The predicted octanol–water partition coefficient (Wildman–Crippen LogP) is 1.78. The van der Waals surface area contributed by atoms with E-state index in [1.54, 1.807) is 10.7 Å². The van der Waals surface area contributed by atoms with Gasteiger partial charge in [-0.2, -0.15) is 10.2 Å². The van der Waals surface area contributed by atoms with Crippen molar-refractivity contribution in [1.29, 1.82) is 0 Å². The van der Waals surface area contributed by atoms with Gasteiger partial charge >= 0.3 is 0 Å². The zero-order valence-corrected chi connectivity index (χ0v) is 17.7. The maximum Gasteiger partial charge on any atom is 0.243 e. The van der Waals surface area contributed by atoms with Gasteiger partial charge in [0.2, 0.25) is 11.8 Å². The van der Waals surface area contributed by atoms with E-state index in [4.69, 9.17) is 14.5 Å². The van der Waals surface area contributed by atoms with Crippen LogP contribution in [0, 0.1) is 13.8 Å². The number of aryl methyl sites for hydroxylation is 2. The summed E-state index contributed by atoms with van der Waals surface area (Å²) in [5.74, 6) is 0.339. The van der Waals surface area contributed by atoms with Crippen molar-refractivity contribution in [3.8, 4) is 17.3 Å². The second-order valence-electron chi connectivity index (χ2n) is 8.61. The fourth-order valence-electron chi connectivity index (χ4n) is 4.44. The number of piperidine rings is 1. The quantitative estimate of drug-likeness (QED) is 0.522. The maximum absolute atomic E-state index is 12.2. The molecular weight excluding hydrogens is 410 g/mol. The number of carbonyl (C=O) groups is 1. The molecular formula is C22H21N7O3. The summed E-state index contributed by atoms with van der Waals surface area (Å²) in [5.41, 5.74) is 4.55. The van der Waals surface area contributed by atoms with Crippen LogP contribution >= 0.6 is 0 Å². The first-order chi connectivity index (χ1) is 15.5. The average Bonchev–Trinajstić information content (AvgIpc) is 3.13. The highest BCUT2D eigenvalue weighted by molar-refractivity contribution is 5.85. The molecule has 6 rings (SSSR count). The molecule has 2 saturated heterocycles. The van der Waals surface area contributed by atoms with E-state index in [1.165, 1.54) is 0 Å². The molecule has 162 valence electrons. The Bertz CT molecular complexity index is 1380. The van der Waals surface area contributed by atoms with E-state index in [9.17, 15) is 4.79 Å². The molecule has 0 aliphatic carbocycles. The molecule has 0 radical (unpaired) electrons. The van der Waals surface area contributed by atoms with Crippen LogP contribution in [0.4, 0.5) is 0 Å². The van der Waals surface area contributed by atoms with E-state index >= 15 is 0 Å². The van der Waals surface area contributed by atoms with Gasteiger partial charge in [0.15, 0.2) is 5.65 Å². The van der Waals surface area contributed by atoms with Gasteiger partial charge < -0.3 is 14.8 Å². The fourth-order valence-corrected chi connectivity index (χ4v) is 4.44. The van der Waals surface area contributed by atoms with Gasteiger partial charge in [0.05, 0.1) is 59.9 Å². The summed E-state index contributed by atoms with van der Waals surface area (Å²) in [6.45, 7) is 4.97. The van der Waals surface area contributed by atoms with Crippen LogP contribution in [0.5, 0.6) is 5.88 Å². The number of hydrogen-bond acceptors (Lipinski definition) is 8. The number of nitrogens with zero attached hydrogens (tertiary/aromatic N) is 6. The number of fused-ring (bicyclic) bond motifs is 2. The number of imidazole rings is 1. The Morgan fingerprint density at radius 1 is 1.22 bits per heavy atom. The van der Waals surface area contributed by atoms with E-state index in [2.05, 4.69) is 25.6 Å². The molecule has 1 amide bonds. The lowest BCUT2D eigenvalue weighted by atomic mass is 9.85. The fraction of sp³-hybridized carbons (Fsp3) is 0.364. The number of nitrogens with one attached hydrogen (secondary N) is 1. The number of rotatable bonds is 3. The maximum atomic E-state index is 12.2. The smallest absolute Gasteiger partial charge is 0.243 e. The molecule has 1 atom stereocenters. The number of amides is 1. The Kier molecular flexibility index (Phi) is 4.12. The van der Waals surface area contributed by atoms with Crippen LogP contribution in [0.15, 0.2) is 30.6 Å². The van der Waals surface area contributed by atoms with Crippen molar-refractivity contribution < 1.29 is 14.3 Å². The number of aromatic nitrogens is 6. The van der Waals surface area contributed by atoms with Crippen LogP contribution in [0.25, 0.3) is 27.9 Å². The summed E-state index contributed by atoms with van der Waals surface area (Å²) in [5, 5.41) is 16.7. The monoisotopic (exact) mass is 431 g/mol. The van der Waals surface area contributed by atoms with E-state index in [-0.39, 0.29) is 24.0 Å². The Hall–Kier alpha value is -3.66. The molecule has 2 aliphatic heterocycles. The zero-order chi connectivity index (χ0) is 21.9. The van der Waals surface area contributed by atoms with E-state index in [1.807, 2.05) is 38.2 Å². The SMILES string of the molecule is Cc1cn2nc(-c3ccc4c(OC5CC(=O)NC6(COC6)C5)nncc4n3)cc(C)c2n1. The molecule has 0 bridgehead atoms. The summed E-state index contributed by atoms with van der Waals surface area (Å²) in [6, 6.07) is 5.78. The van der Waals surface area contributed by atoms with Crippen LogP contribution in [0.1, 0.15) is 24.1 Å². The van der Waals surface area contributed by atoms with Gasteiger partial charge in [0.1, 0.15) is 11.8 Å². The summed E-state index contributed by atoms with van der Waals surface area (Å²) in [4.78, 5) is 21.4. The third kappa shape index (κ3) is 3.14. The van der Waals surface area contributed by atoms with Crippen molar-refractivity contribution in [1.82, 2.24) is 35.1 Å². The molecule has 4 aromatic heterocycles. The highest BCUT2D eigenvalue weighted by Crippen LogP contribution is 2.32. The number of hydrogen-bond donors (Lipinski definition) is 1. The third-order valence-electron chi connectivity index (χ3n) is 5.95. The molecule has 10 nitrogen and oxygen atoms in total. The lowest BCUT2D eigenvalue weighted by molar-refractivity contribution is -0.146. The molecule has 1 unspecified atom stereocenters. The molecule has 1 N–H and O–H groups in total. The van der Waals surface area contributed by atoms with Crippen LogP contribution in [-0.4, -0.2) is 60.5 Å². The summed E-state index contributed by atoms with van der Waals surface area (Å²) in [6.07, 6.45) is 4.16. The first kappa shape index (κ1) is 19.1. The van der Waals surface area contributed by atoms with Gasteiger partial charge in [-0.15, -0.1) is 5.10 Å². The molecule has 6 heterocycles. The van der Waals surface area contributed by atoms with Crippen molar-refractivity contribution in [3.05, 3.63) is 41.9 Å². The van der Waals surface area contributed by atoms with Gasteiger partial charge in [-0.25, -0.2) is 14.5 Å². The highest BCUT2D eigenvalue weighted by atomic mass is 16.5. The van der Waals surface area contributed by atoms with Crippen molar-refractivity contribution in [2.75, 3.05) is 13.2 Å². The van der Waals surface area contributed by atoms with Gasteiger partial charge in [0.25, 0.3) is 0 Å². The minimum absolute atomic E-state index is 0.0373. The Balaban J connectivity index is 1.33. The van der Waals surface area contributed by atoms with Crippen molar-refractivity contribution in [2.24, 2.45) is 0 Å². The van der Waals surface area contributed by atoms with Gasteiger partial charge in [0, 0.05) is 6.42 Å². The molecule has 32 heavy (non-hydrogen) atoms. The summed E-state index contributed by atoms with van der Waals surface area (Å²) < 4.78 is 13.2. The molecule has 0 saturated carbocycles. The van der Waals surface area contributed by atoms with E-state index in [0.29, 0.717) is 31.0 Å². The third-order valence-corrected chi connectivity index (χ3v) is 5.95. The Morgan fingerprint density at radius 2 is 2.09 bits per heavy atom. The molecule has 10 heteroatoms. The Morgan fingerprint density at radius 3 is 2.91 bits per heavy atom. The number of carbonyl (C=O) groups excluding carboxylic acids is 1. The van der Waals surface area contributed by atoms with Crippen LogP contribution in [0.3, 0.4) is 0 Å². The van der Waals surface area contributed by atoms with Gasteiger partial charge in [-0.05, 0) is 37.6 Å². The molecule has 2 fully saturated rings. The topological polar surface area (TPSA) is 116 Å². The van der Waals surface area contributed by atoms with E-state index < -0.39 is 0 Å². The second kappa shape index (κ2) is 6.92. The number of pyridine rings is 1. The molecule has 1 spiro atoms. The standard InChI is InChI=1S/C22H21N7O3/c1-12-5-17(28-29-9-13(2)24-20(12)29)16-4-3-15-18(25-16)8-23-27-21(15)32-14-6-19(30)26-22(7-14)10-31-11-22/h3-5,8-9,14H,6-7,10-11H2,1-2H3,(H,26,30). The summed E-state index contributed by atoms with van der Waals surface area (Å²) in [7, 11) is 0. The molecule has 2 aliphatic rings. The predicted molar refractivity (Wildman–Crippen MR) is 114 cm³/mol. The van der Waals surface area contributed by atoms with Crippen molar-refractivity contribution in [3.63, 3.8) is 0 Å². The van der Waals surface area contributed by atoms with Crippen molar-refractivity contribution >= 4 is 22.5 Å². The lowest BCUT2D eigenvalue weighted by Crippen LogP contribution is -2.67. The van der Waals surface area contributed by atoms with Crippen LogP contribution in [0.2, 0.25) is 0 Å². The normalized spacial score (nSPS) is 19.8. The Labute approximate surface area is 183 Å². The van der Waals surface area contributed by atoms with Gasteiger partial charge in [-0.1, -0.05) is 0 Å². The minimum Gasteiger partial charge on any atom is -0.472 e. The largest absolute Gasteiger partial charge is 0.472 e. The van der Waals surface area contributed by atoms with Crippen LogP contribution in [-0.2, 0) is 9.53 Å². The number of ether oxygens (including phenoxy) is 2. The van der Waals surface area contributed by atoms with Crippen LogP contribution < -0.4 is 10.1 Å². The molecule has 4 aromatic rings. The second-order valence-corrected chi connectivity index (χ2v) is 8.61. The van der Waals surface area contributed by atoms with Gasteiger partial charge in [-0.3, -0.25) is 4.79 Å². The summed E-state index contributed by atoms with van der Waals surface area (Å²) >= 11 is 0. The highest BCUT2D eigenvalue weighted by Gasteiger charge is 2.46. The van der Waals surface area contributed by atoms with Crippen molar-refractivity contribution in [2.45, 2.75) is 38.3 Å². The lowest BCUT2D eigenvalue weighted by Gasteiger charge is -2.46. The average molecular weight is 431 g/mol.